The lowest BCUT2D eigenvalue weighted by Gasteiger charge is -2.34. The highest BCUT2D eigenvalue weighted by atomic mass is 16.2. The Bertz CT molecular complexity index is 883. The van der Waals surface area contributed by atoms with E-state index in [9.17, 15) is 14.4 Å². The molecule has 0 spiro atoms. The monoisotopic (exact) mass is 408 g/mol. The highest BCUT2D eigenvalue weighted by Crippen LogP contribution is 2.20. The number of nitrogens with zero attached hydrogens (tertiary/aromatic N) is 2. The molecule has 1 aliphatic heterocycles. The van der Waals surface area contributed by atoms with E-state index in [-0.39, 0.29) is 23.8 Å². The Balaban J connectivity index is 1.56. The van der Waals surface area contributed by atoms with Gasteiger partial charge in [0.2, 0.25) is 5.91 Å². The van der Waals surface area contributed by atoms with Crippen molar-refractivity contribution in [2.45, 2.75) is 19.4 Å². The molecule has 30 heavy (non-hydrogen) atoms. The van der Waals surface area contributed by atoms with Gasteiger partial charge in [-0.05, 0) is 42.7 Å². The van der Waals surface area contributed by atoms with Crippen LogP contribution in [0.3, 0.4) is 0 Å². The van der Waals surface area contributed by atoms with E-state index in [0.717, 1.165) is 24.1 Å². The van der Waals surface area contributed by atoms with Gasteiger partial charge in [0.15, 0.2) is 0 Å². The molecule has 2 N–H and O–H groups in total. The van der Waals surface area contributed by atoms with Gasteiger partial charge in [0, 0.05) is 45.0 Å². The molecule has 1 heterocycles. The van der Waals surface area contributed by atoms with Gasteiger partial charge in [0.1, 0.15) is 0 Å². The van der Waals surface area contributed by atoms with Gasteiger partial charge in [-0.15, -0.1) is 0 Å². The van der Waals surface area contributed by atoms with Gasteiger partial charge >= 0.3 is 6.03 Å². The molecule has 1 fully saturated rings. The van der Waals surface area contributed by atoms with Gasteiger partial charge in [-0.3, -0.25) is 9.59 Å². The van der Waals surface area contributed by atoms with Crippen molar-refractivity contribution in [2.24, 2.45) is 5.92 Å². The van der Waals surface area contributed by atoms with Crippen LogP contribution in [0.25, 0.3) is 0 Å². The third kappa shape index (κ3) is 5.37. The molecule has 1 atom stereocenters. The molecule has 2 aromatic rings. The van der Waals surface area contributed by atoms with Crippen LogP contribution in [0, 0.1) is 5.92 Å². The van der Waals surface area contributed by atoms with Crippen molar-refractivity contribution in [3.05, 3.63) is 65.7 Å². The molecule has 4 amide bonds. The van der Waals surface area contributed by atoms with Crippen LogP contribution in [-0.2, 0) is 11.3 Å². The maximum atomic E-state index is 13.0. The molecule has 3 rings (SSSR count). The summed E-state index contributed by atoms with van der Waals surface area (Å²) in [5.74, 6) is -0.319. The van der Waals surface area contributed by atoms with Crippen LogP contribution < -0.4 is 10.6 Å². The molecule has 2 aromatic carbocycles. The number of urea groups is 1. The van der Waals surface area contributed by atoms with E-state index in [1.807, 2.05) is 42.5 Å². The normalized spacial score (nSPS) is 15.9. The number of carbonyl (C=O) groups excluding carboxylic acids is 3. The molecular weight excluding hydrogens is 380 g/mol. The second kappa shape index (κ2) is 9.91. The molecule has 0 aromatic heterocycles. The largest absolute Gasteiger partial charge is 0.355 e. The Morgan fingerprint density at radius 3 is 2.43 bits per heavy atom. The Labute approximate surface area is 177 Å². The second-order valence-corrected chi connectivity index (χ2v) is 7.55. The number of rotatable bonds is 5. The molecule has 0 saturated carbocycles. The molecule has 7 nitrogen and oxygen atoms in total. The number of carbonyl (C=O) groups is 3. The maximum absolute atomic E-state index is 13.0. The number of hydrogen-bond acceptors (Lipinski definition) is 3. The third-order valence-corrected chi connectivity index (χ3v) is 5.32. The van der Waals surface area contributed by atoms with E-state index >= 15 is 0 Å². The summed E-state index contributed by atoms with van der Waals surface area (Å²) in [6.07, 6.45) is 1.57. The third-order valence-electron chi connectivity index (χ3n) is 5.32. The maximum Gasteiger partial charge on any atom is 0.321 e. The highest BCUT2D eigenvalue weighted by molar-refractivity contribution is 5.94. The lowest BCUT2D eigenvalue weighted by atomic mass is 9.96. The van der Waals surface area contributed by atoms with E-state index in [1.54, 1.807) is 36.0 Å². The van der Waals surface area contributed by atoms with E-state index < -0.39 is 0 Å². The van der Waals surface area contributed by atoms with Crippen LogP contribution in [0.2, 0.25) is 0 Å². The van der Waals surface area contributed by atoms with E-state index in [1.165, 1.54) is 0 Å². The fourth-order valence-corrected chi connectivity index (χ4v) is 3.66. The van der Waals surface area contributed by atoms with Crippen LogP contribution in [0.1, 0.15) is 28.8 Å². The van der Waals surface area contributed by atoms with Gasteiger partial charge in [0.05, 0.1) is 5.92 Å². The topological polar surface area (TPSA) is 81.8 Å². The lowest BCUT2D eigenvalue weighted by molar-refractivity contribution is -0.136. The highest BCUT2D eigenvalue weighted by Gasteiger charge is 2.30. The van der Waals surface area contributed by atoms with Crippen molar-refractivity contribution in [1.29, 1.82) is 0 Å². The van der Waals surface area contributed by atoms with Crippen LogP contribution in [0.15, 0.2) is 54.6 Å². The molecule has 1 aliphatic rings. The number of nitrogens with one attached hydrogen (secondary N) is 2. The summed E-state index contributed by atoms with van der Waals surface area (Å²) >= 11 is 0. The fourth-order valence-electron chi connectivity index (χ4n) is 3.66. The average molecular weight is 409 g/mol. The Kier molecular flexibility index (Phi) is 7.06. The molecular formula is C23H28N4O3. The first-order valence-electron chi connectivity index (χ1n) is 10.1. The number of amides is 4. The van der Waals surface area contributed by atoms with Crippen LogP contribution in [0.4, 0.5) is 10.5 Å². The number of likely N-dealkylation sites (tertiary alicyclic amines) is 1. The Morgan fingerprint density at radius 2 is 1.77 bits per heavy atom. The SMILES string of the molecule is CNC(=O)c1ccc(CN(C)C(=O)C2CCCN(C(=O)Nc3ccccc3)C2)cc1. The van der Waals surface area contributed by atoms with Gasteiger partial charge in [-0.1, -0.05) is 30.3 Å². The first-order valence-corrected chi connectivity index (χ1v) is 10.1. The minimum atomic E-state index is -0.213. The summed E-state index contributed by atoms with van der Waals surface area (Å²) in [5.41, 5.74) is 2.28. The minimum Gasteiger partial charge on any atom is -0.355 e. The predicted octanol–water partition coefficient (Wildman–Crippen LogP) is 2.95. The molecule has 0 aliphatic carbocycles. The second-order valence-electron chi connectivity index (χ2n) is 7.55. The van der Waals surface area contributed by atoms with E-state index in [4.69, 9.17) is 0 Å². The van der Waals surface area contributed by atoms with Crippen molar-refractivity contribution >= 4 is 23.5 Å². The summed E-state index contributed by atoms with van der Waals surface area (Å²) in [6, 6.07) is 16.4. The first-order chi connectivity index (χ1) is 14.5. The van der Waals surface area contributed by atoms with Gasteiger partial charge in [-0.25, -0.2) is 4.79 Å². The van der Waals surface area contributed by atoms with Crippen LogP contribution in [0.5, 0.6) is 0 Å². The van der Waals surface area contributed by atoms with Gasteiger partial charge < -0.3 is 20.4 Å². The minimum absolute atomic E-state index is 0.0302. The van der Waals surface area contributed by atoms with Crippen molar-refractivity contribution < 1.29 is 14.4 Å². The molecule has 7 heteroatoms. The van der Waals surface area contributed by atoms with Crippen molar-refractivity contribution in [2.75, 3.05) is 32.5 Å². The van der Waals surface area contributed by atoms with Crippen molar-refractivity contribution in [3.63, 3.8) is 0 Å². The van der Waals surface area contributed by atoms with E-state index in [0.29, 0.717) is 25.2 Å². The smallest absolute Gasteiger partial charge is 0.321 e. The zero-order chi connectivity index (χ0) is 21.5. The predicted molar refractivity (Wildman–Crippen MR) is 116 cm³/mol. The van der Waals surface area contributed by atoms with Gasteiger partial charge in [0.25, 0.3) is 5.91 Å². The zero-order valence-corrected chi connectivity index (χ0v) is 17.4. The number of para-hydroxylation sites is 1. The summed E-state index contributed by atoms with van der Waals surface area (Å²) in [6.45, 7) is 1.52. The molecule has 0 radical (unpaired) electrons. The average Bonchev–Trinajstić information content (AvgIpc) is 2.79. The number of benzene rings is 2. The molecule has 158 valence electrons. The first kappa shape index (κ1) is 21.4. The molecule has 0 bridgehead atoms. The number of anilines is 1. The van der Waals surface area contributed by atoms with Crippen molar-refractivity contribution in [3.8, 4) is 0 Å². The van der Waals surface area contributed by atoms with E-state index in [2.05, 4.69) is 10.6 Å². The summed E-state index contributed by atoms with van der Waals surface area (Å²) in [4.78, 5) is 40.6. The zero-order valence-electron chi connectivity index (χ0n) is 17.4. The summed E-state index contributed by atoms with van der Waals surface area (Å²) in [7, 11) is 3.37. The molecule has 1 unspecified atom stereocenters. The standard InChI is InChI=1S/C23H28N4O3/c1-24-21(28)18-12-10-17(11-13-18)15-26(2)22(29)19-7-6-14-27(16-19)23(30)25-20-8-4-3-5-9-20/h3-5,8-13,19H,6-7,14-16H2,1-2H3,(H,24,28)(H,25,30). The Hall–Kier alpha value is -3.35. The quantitative estimate of drug-likeness (QED) is 0.798. The summed E-state index contributed by atoms with van der Waals surface area (Å²) in [5, 5.41) is 5.48. The Morgan fingerprint density at radius 1 is 1.07 bits per heavy atom. The number of hydrogen-bond donors (Lipinski definition) is 2. The van der Waals surface area contributed by atoms with Crippen LogP contribution >= 0.6 is 0 Å². The number of piperidine rings is 1. The van der Waals surface area contributed by atoms with Crippen LogP contribution in [-0.4, -0.2) is 54.8 Å². The molecule has 1 saturated heterocycles. The van der Waals surface area contributed by atoms with Crippen molar-refractivity contribution in [1.82, 2.24) is 15.1 Å². The lowest BCUT2D eigenvalue weighted by Crippen LogP contribution is -2.47. The van der Waals surface area contributed by atoms with Gasteiger partial charge in [-0.2, -0.15) is 0 Å². The fraction of sp³-hybridized carbons (Fsp3) is 0.348. The summed E-state index contributed by atoms with van der Waals surface area (Å²) < 4.78 is 0.